The van der Waals surface area contributed by atoms with Crippen LogP contribution in [0.15, 0.2) is 34.8 Å². The molecule has 114 valence electrons. The molecule has 1 amide bonds. The van der Waals surface area contributed by atoms with Crippen LogP contribution in [0.2, 0.25) is 0 Å². The minimum Gasteiger partial charge on any atom is -0.379 e. The van der Waals surface area contributed by atoms with Gasteiger partial charge in [0.05, 0.1) is 5.54 Å². The normalized spacial score (nSPS) is 21.2. The summed E-state index contributed by atoms with van der Waals surface area (Å²) in [6.45, 7) is 2.04. The molecule has 0 saturated heterocycles. The fourth-order valence-corrected chi connectivity index (χ4v) is 3.70. The van der Waals surface area contributed by atoms with E-state index in [2.05, 4.69) is 20.5 Å². The third kappa shape index (κ3) is 3.12. The van der Waals surface area contributed by atoms with Crippen molar-refractivity contribution in [1.82, 2.24) is 10.2 Å². The van der Waals surface area contributed by atoms with Crippen molar-refractivity contribution >= 4 is 39.3 Å². The summed E-state index contributed by atoms with van der Waals surface area (Å²) in [5.74, 6) is 0.719. The first-order chi connectivity index (χ1) is 10.6. The van der Waals surface area contributed by atoms with Crippen LogP contribution >= 0.6 is 23.1 Å². The topological polar surface area (TPSA) is 93.3 Å². The number of nitrogens with two attached hydrogens (primary N) is 1. The fraction of sp³-hybridized carbons (Fsp3) is 0.286. The standard InChI is InChI=1S/C14H15N5OS2/c1-14(5-6-21-12(15)18-14)10-4-2-3-9(7-10)11(20)17-13-19-16-8-22-13/h2-4,7-8H,5-6H2,1H3,(H2,15,18)(H,17,19,20). The molecule has 0 saturated carbocycles. The van der Waals surface area contributed by atoms with Gasteiger partial charge in [-0.1, -0.05) is 35.2 Å². The van der Waals surface area contributed by atoms with Crippen molar-refractivity contribution in [2.45, 2.75) is 18.9 Å². The van der Waals surface area contributed by atoms with Crippen LogP contribution in [-0.2, 0) is 5.54 Å². The summed E-state index contributed by atoms with van der Waals surface area (Å²) < 4.78 is 0. The van der Waals surface area contributed by atoms with E-state index in [1.807, 2.05) is 25.1 Å². The molecular formula is C14H15N5OS2. The Bertz CT molecular complexity index is 716. The molecule has 0 spiro atoms. The van der Waals surface area contributed by atoms with E-state index >= 15 is 0 Å². The lowest BCUT2D eigenvalue weighted by molar-refractivity contribution is 0.102. The molecule has 1 aliphatic heterocycles. The summed E-state index contributed by atoms with van der Waals surface area (Å²) >= 11 is 2.85. The second kappa shape index (κ2) is 6.05. The Balaban J connectivity index is 1.86. The number of rotatable bonds is 3. The van der Waals surface area contributed by atoms with E-state index in [9.17, 15) is 4.79 Å². The van der Waals surface area contributed by atoms with Gasteiger partial charge >= 0.3 is 0 Å². The average Bonchev–Trinajstić information content (AvgIpc) is 3.00. The van der Waals surface area contributed by atoms with Crippen molar-refractivity contribution < 1.29 is 4.79 Å². The molecule has 0 bridgehead atoms. The van der Waals surface area contributed by atoms with Gasteiger partial charge in [-0.3, -0.25) is 15.1 Å². The molecule has 0 aliphatic carbocycles. The Morgan fingerprint density at radius 2 is 2.32 bits per heavy atom. The molecule has 0 radical (unpaired) electrons. The quantitative estimate of drug-likeness (QED) is 0.900. The largest absolute Gasteiger partial charge is 0.379 e. The fourth-order valence-electron chi connectivity index (χ4n) is 2.29. The second-order valence-corrected chi connectivity index (χ2v) is 7.05. The number of nitrogens with zero attached hydrogens (tertiary/aromatic N) is 3. The first-order valence-electron chi connectivity index (χ1n) is 6.73. The lowest BCUT2D eigenvalue weighted by Gasteiger charge is -2.30. The molecule has 2 aromatic rings. The molecule has 1 unspecified atom stereocenters. The van der Waals surface area contributed by atoms with Gasteiger partial charge in [0, 0.05) is 11.3 Å². The number of benzene rings is 1. The number of carbonyl (C=O) groups excluding carboxylic acids is 1. The minimum absolute atomic E-state index is 0.204. The van der Waals surface area contributed by atoms with Crippen LogP contribution in [0.1, 0.15) is 29.3 Å². The summed E-state index contributed by atoms with van der Waals surface area (Å²) in [7, 11) is 0. The molecule has 2 heterocycles. The molecular weight excluding hydrogens is 318 g/mol. The maximum Gasteiger partial charge on any atom is 0.257 e. The maximum atomic E-state index is 12.3. The zero-order valence-electron chi connectivity index (χ0n) is 11.9. The Labute approximate surface area is 136 Å². The highest BCUT2D eigenvalue weighted by atomic mass is 32.2. The first-order valence-corrected chi connectivity index (χ1v) is 8.59. The third-order valence-corrected chi connectivity index (χ3v) is 4.92. The molecule has 0 fully saturated rings. The van der Waals surface area contributed by atoms with Gasteiger partial charge in [0.1, 0.15) is 5.51 Å². The van der Waals surface area contributed by atoms with Crippen molar-refractivity contribution in [2.24, 2.45) is 10.7 Å². The second-order valence-electron chi connectivity index (χ2n) is 5.10. The van der Waals surface area contributed by atoms with Crippen LogP contribution in [0.25, 0.3) is 0 Å². The summed E-state index contributed by atoms with van der Waals surface area (Å²) in [4.78, 5) is 16.8. The van der Waals surface area contributed by atoms with E-state index in [1.54, 1.807) is 23.3 Å². The third-order valence-electron chi connectivity index (χ3n) is 3.52. The highest BCUT2D eigenvalue weighted by molar-refractivity contribution is 8.13. The summed E-state index contributed by atoms with van der Waals surface area (Å²) in [5, 5.41) is 11.3. The number of thioether (sulfide) groups is 1. The van der Waals surface area contributed by atoms with Crippen molar-refractivity contribution in [3.05, 3.63) is 40.9 Å². The van der Waals surface area contributed by atoms with E-state index in [1.165, 1.54) is 11.3 Å². The van der Waals surface area contributed by atoms with E-state index in [-0.39, 0.29) is 11.4 Å². The van der Waals surface area contributed by atoms with Crippen molar-refractivity contribution in [1.29, 1.82) is 0 Å². The van der Waals surface area contributed by atoms with Crippen LogP contribution in [0, 0.1) is 0 Å². The Morgan fingerprint density at radius 3 is 3.05 bits per heavy atom. The van der Waals surface area contributed by atoms with E-state index < -0.39 is 0 Å². The van der Waals surface area contributed by atoms with Crippen LogP contribution in [-0.4, -0.2) is 27.0 Å². The van der Waals surface area contributed by atoms with E-state index in [0.29, 0.717) is 15.9 Å². The Morgan fingerprint density at radius 1 is 1.45 bits per heavy atom. The predicted molar refractivity (Wildman–Crippen MR) is 90.4 cm³/mol. The van der Waals surface area contributed by atoms with Crippen LogP contribution in [0.3, 0.4) is 0 Å². The number of nitrogens with one attached hydrogen (secondary N) is 1. The van der Waals surface area contributed by atoms with Crippen molar-refractivity contribution in [2.75, 3.05) is 11.1 Å². The number of anilines is 1. The lowest BCUT2D eigenvalue weighted by atomic mass is 9.89. The molecule has 8 heteroatoms. The Kier molecular flexibility index (Phi) is 4.12. The Hall–Kier alpha value is -1.93. The zero-order valence-corrected chi connectivity index (χ0v) is 13.6. The molecule has 1 aromatic carbocycles. The molecule has 3 N–H and O–H groups in total. The molecule has 1 aromatic heterocycles. The van der Waals surface area contributed by atoms with Crippen LogP contribution < -0.4 is 11.1 Å². The number of amides is 1. The van der Waals surface area contributed by atoms with Gasteiger partial charge in [-0.05, 0) is 31.0 Å². The number of amidine groups is 1. The van der Waals surface area contributed by atoms with Gasteiger partial charge in [0.2, 0.25) is 5.13 Å². The number of hydrogen-bond donors (Lipinski definition) is 2. The zero-order chi connectivity index (χ0) is 15.6. The molecule has 1 atom stereocenters. The number of hydrogen-bond acceptors (Lipinski definition) is 7. The van der Waals surface area contributed by atoms with Gasteiger partial charge in [0.15, 0.2) is 5.17 Å². The van der Waals surface area contributed by atoms with Gasteiger partial charge < -0.3 is 5.73 Å². The van der Waals surface area contributed by atoms with Gasteiger partial charge in [0.25, 0.3) is 5.91 Å². The number of aromatic nitrogens is 2. The predicted octanol–water partition coefficient (Wildman–Crippen LogP) is 2.46. The highest BCUT2D eigenvalue weighted by Gasteiger charge is 2.29. The minimum atomic E-state index is -0.381. The van der Waals surface area contributed by atoms with Crippen molar-refractivity contribution in [3.8, 4) is 0 Å². The smallest absolute Gasteiger partial charge is 0.257 e. The van der Waals surface area contributed by atoms with Gasteiger partial charge in [-0.25, -0.2) is 0 Å². The highest BCUT2D eigenvalue weighted by Crippen LogP contribution is 2.35. The van der Waals surface area contributed by atoms with Crippen molar-refractivity contribution in [3.63, 3.8) is 0 Å². The van der Waals surface area contributed by atoms with Gasteiger partial charge in [-0.15, -0.1) is 10.2 Å². The van der Waals surface area contributed by atoms with Crippen LogP contribution in [0.5, 0.6) is 0 Å². The lowest BCUT2D eigenvalue weighted by Crippen LogP contribution is -2.29. The molecule has 3 rings (SSSR count). The van der Waals surface area contributed by atoms with E-state index in [0.717, 1.165) is 17.7 Å². The maximum absolute atomic E-state index is 12.3. The molecule has 22 heavy (non-hydrogen) atoms. The first kappa shape index (κ1) is 15.0. The summed E-state index contributed by atoms with van der Waals surface area (Å²) in [5.41, 5.74) is 8.61. The van der Waals surface area contributed by atoms with Gasteiger partial charge in [-0.2, -0.15) is 0 Å². The van der Waals surface area contributed by atoms with Crippen LogP contribution in [0.4, 0.5) is 5.13 Å². The molecule has 1 aliphatic rings. The SMILES string of the molecule is CC1(c2cccc(C(=O)Nc3nncs3)c2)CCSC(N)=N1. The average molecular weight is 333 g/mol. The number of carbonyl (C=O) groups is 1. The van der Waals surface area contributed by atoms with E-state index in [4.69, 9.17) is 5.73 Å². The molecule has 6 nitrogen and oxygen atoms in total. The number of aliphatic imine (C=N–C) groups is 1. The summed E-state index contributed by atoms with van der Waals surface area (Å²) in [6, 6.07) is 7.48. The summed E-state index contributed by atoms with van der Waals surface area (Å²) in [6.07, 6.45) is 0.889. The monoisotopic (exact) mass is 333 g/mol.